The molecule has 0 N–H and O–H groups in total. The lowest BCUT2D eigenvalue weighted by Gasteiger charge is -2.32. The van der Waals surface area contributed by atoms with E-state index in [1.54, 1.807) is 25.5 Å². The highest BCUT2D eigenvalue weighted by molar-refractivity contribution is 5.95. The molecule has 1 unspecified atom stereocenters. The Hall–Kier alpha value is -2.57. The molecular formula is C18H22N4O3. The van der Waals surface area contributed by atoms with Gasteiger partial charge in [0.05, 0.1) is 30.1 Å². The van der Waals surface area contributed by atoms with Crippen LogP contribution < -0.4 is 0 Å². The summed E-state index contributed by atoms with van der Waals surface area (Å²) >= 11 is 0. The van der Waals surface area contributed by atoms with Gasteiger partial charge in [-0.05, 0) is 31.9 Å². The molecule has 0 radical (unpaired) electrons. The van der Waals surface area contributed by atoms with Gasteiger partial charge in [-0.1, -0.05) is 0 Å². The first-order chi connectivity index (χ1) is 12.1. The Kier molecular flexibility index (Phi) is 4.07. The second-order valence-corrected chi connectivity index (χ2v) is 6.76. The van der Waals surface area contributed by atoms with E-state index in [0.717, 1.165) is 31.6 Å². The number of likely N-dealkylation sites (tertiary alicyclic amines) is 1. The van der Waals surface area contributed by atoms with Gasteiger partial charge in [0.15, 0.2) is 0 Å². The number of carbonyl (C=O) groups excluding carboxylic acids is 2. The molecule has 4 rings (SSSR count). The number of fused-ring (bicyclic) bond motifs is 1. The molecule has 2 aliphatic heterocycles. The summed E-state index contributed by atoms with van der Waals surface area (Å²) < 4.78 is 7.27. The number of rotatable bonds is 3. The van der Waals surface area contributed by atoms with Gasteiger partial charge in [-0.15, -0.1) is 0 Å². The quantitative estimate of drug-likeness (QED) is 0.853. The molecule has 7 heteroatoms. The first-order valence-electron chi connectivity index (χ1n) is 8.77. The number of furan rings is 1. The summed E-state index contributed by atoms with van der Waals surface area (Å²) in [6.07, 6.45) is 5.61. The summed E-state index contributed by atoms with van der Waals surface area (Å²) in [4.78, 5) is 29.0. The number of aryl methyl sites for hydroxylation is 2. The fourth-order valence-corrected chi connectivity index (χ4v) is 3.77. The monoisotopic (exact) mass is 342 g/mol. The van der Waals surface area contributed by atoms with E-state index in [4.69, 9.17) is 4.42 Å². The fraction of sp³-hybridized carbons (Fsp3) is 0.500. The van der Waals surface area contributed by atoms with Crippen LogP contribution in [-0.2, 0) is 17.9 Å². The number of amides is 2. The Labute approximate surface area is 146 Å². The highest BCUT2D eigenvalue weighted by Crippen LogP contribution is 2.23. The van der Waals surface area contributed by atoms with Crippen LogP contribution in [0.4, 0.5) is 0 Å². The van der Waals surface area contributed by atoms with Crippen LogP contribution in [0.25, 0.3) is 0 Å². The molecule has 2 amide bonds. The van der Waals surface area contributed by atoms with Crippen molar-refractivity contribution in [1.29, 1.82) is 0 Å². The Morgan fingerprint density at radius 1 is 1.36 bits per heavy atom. The van der Waals surface area contributed by atoms with Gasteiger partial charge in [-0.2, -0.15) is 5.10 Å². The molecule has 2 aromatic heterocycles. The highest BCUT2D eigenvalue weighted by Gasteiger charge is 2.33. The topological polar surface area (TPSA) is 71.6 Å². The summed E-state index contributed by atoms with van der Waals surface area (Å²) in [6.45, 7) is 4.42. The molecule has 2 aromatic rings. The zero-order valence-corrected chi connectivity index (χ0v) is 14.4. The lowest BCUT2D eigenvalue weighted by atomic mass is 10.1. The average molecular weight is 342 g/mol. The molecule has 0 saturated carbocycles. The van der Waals surface area contributed by atoms with Gasteiger partial charge in [0.2, 0.25) is 5.91 Å². The van der Waals surface area contributed by atoms with Gasteiger partial charge >= 0.3 is 0 Å². The summed E-state index contributed by atoms with van der Waals surface area (Å²) in [7, 11) is 0. The molecule has 7 nitrogen and oxygen atoms in total. The Morgan fingerprint density at radius 2 is 2.24 bits per heavy atom. The third-order valence-electron chi connectivity index (χ3n) is 5.20. The maximum absolute atomic E-state index is 13.2. The SMILES string of the molecule is Cc1occc1C(=O)N1Cc2ccnn2CCC1CN1CCCC1=O. The number of hydrogen-bond donors (Lipinski definition) is 0. The molecule has 0 bridgehead atoms. The lowest BCUT2D eigenvalue weighted by Crippen LogP contribution is -2.46. The van der Waals surface area contributed by atoms with Crippen LogP contribution in [0.2, 0.25) is 0 Å². The maximum Gasteiger partial charge on any atom is 0.258 e. The minimum atomic E-state index is -0.0439. The van der Waals surface area contributed by atoms with Crippen LogP contribution in [0.15, 0.2) is 29.0 Å². The molecular weight excluding hydrogens is 320 g/mol. The summed E-state index contributed by atoms with van der Waals surface area (Å²) in [5.41, 5.74) is 1.61. The number of hydrogen-bond acceptors (Lipinski definition) is 4. The molecule has 0 spiro atoms. The van der Waals surface area contributed by atoms with E-state index in [2.05, 4.69) is 5.10 Å². The lowest BCUT2D eigenvalue weighted by molar-refractivity contribution is -0.128. The Balaban J connectivity index is 1.63. The average Bonchev–Trinajstić information content (AvgIpc) is 3.29. The van der Waals surface area contributed by atoms with Gasteiger partial charge in [-0.3, -0.25) is 14.3 Å². The van der Waals surface area contributed by atoms with Gasteiger partial charge in [0.25, 0.3) is 5.91 Å². The summed E-state index contributed by atoms with van der Waals surface area (Å²) in [5, 5.41) is 4.35. The fourth-order valence-electron chi connectivity index (χ4n) is 3.77. The zero-order valence-electron chi connectivity index (χ0n) is 14.4. The molecule has 1 fully saturated rings. The van der Waals surface area contributed by atoms with Crippen molar-refractivity contribution in [3.63, 3.8) is 0 Å². The molecule has 2 aliphatic rings. The third kappa shape index (κ3) is 2.94. The molecule has 4 heterocycles. The standard InChI is InChI=1S/C18H22N4O3/c1-13-16(6-10-25-13)18(24)21-12-15-4-7-19-22(15)9-5-14(21)11-20-8-2-3-17(20)23/h4,6-7,10,14H,2-3,5,8-9,11-12H2,1H3. The minimum Gasteiger partial charge on any atom is -0.469 e. The van der Waals surface area contributed by atoms with E-state index in [1.807, 2.05) is 20.5 Å². The van der Waals surface area contributed by atoms with E-state index in [9.17, 15) is 9.59 Å². The van der Waals surface area contributed by atoms with Gasteiger partial charge in [0.1, 0.15) is 5.76 Å². The molecule has 25 heavy (non-hydrogen) atoms. The smallest absolute Gasteiger partial charge is 0.258 e. The minimum absolute atomic E-state index is 0.0226. The van der Waals surface area contributed by atoms with E-state index < -0.39 is 0 Å². The summed E-state index contributed by atoms with van der Waals surface area (Å²) in [6, 6.07) is 3.65. The number of nitrogens with zero attached hydrogens (tertiary/aromatic N) is 4. The molecule has 0 aliphatic carbocycles. The maximum atomic E-state index is 13.2. The zero-order chi connectivity index (χ0) is 17.4. The van der Waals surface area contributed by atoms with Crippen molar-refractivity contribution in [2.24, 2.45) is 0 Å². The van der Waals surface area contributed by atoms with Crippen molar-refractivity contribution in [3.05, 3.63) is 41.6 Å². The largest absolute Gasteiger partial charge is 0.469 e. The second kappa shape index (κ2) is 6.38. The van der Waals surface area contributed by atoms with Crippen LogP contribution in [0.3, 0.4) is 0 Å². The van der Waals surface area contributed by atoms with E-state index in [0.29, 0.717) is 30.8 Å². The predicted molar refractivity (Wildman–Crippen MR) is 89.8 cm³/mol. The van der Waals surface area contributed by atoms with E-state index in [-0.39, 0.29) is 17.9 Å². The van der Waals surface area contributed by atoms with Crippen molar-refractivity contribution >= 4 is 11.8 Å². The van der Waals surface area contributed by atoms with Crippen LogP contribution in [0.5, 0.6) is 0 Å². The highest BCUT2D eigenvalue weighted by atomic mass is 16.3. The molecule has 132 valence electrons. The van der Waals surface area contributed by atoms with Crippen molar-refractivity contribution in [1.82, 2.24) is 19.6 Å². The van der Waals surface area contributed by atoms with Crippen LogP contribution >= 0.6 is 0 Å². The van der Waals surface area contributed by atoms with E-state index in [1.165, 1.54) is 0 Å². The van der Waals surface area contributed by atoms with Gasteiger partial charge < -0.3 is 14.2 Å². The first kappa shape index (κ1) is 15.9. The summed E-state index contributed by atoms with van der Waals surface area (Å²) in [5.74, 6) is 0.769. The Morgan fingerprint density at radius 3 is 2.96 bits per heavy atom. The molecule has 1 saturated heterocycles. The van der Waals surface area contributed by atoms with Gasteiger partial charge in [0, 0.05) is 32.3 Å². The van der Waals surface area contributed by atoms with Crippen LogP contribution in [0, 0.1) is 6.92 Å². The predicted octanol–water partition coefficient (Wildman–Crippen LogP) is 1.82. The number of carbonyl (C=O) groups is 2. The third-order valence-corrected chi connectivity index (χ3v) is 5.20. The first-order valence-corrected chi connectivity index (χ1v) is 8.77. The number of aromatic nitrogens is 2. The molecule has 1 atom stereocenters. The van der Waals surface area contributed by atoms with Crippen LogP contribution in [-0.4, -0.2) is 50.5 Å². The van der Waals surface area contributed by atoms with Crippen molar-refractivity contribution in [2.45, 2.75) is 45.3 Å². The normalized spacial score (nSPS) is 20.7. The molecule has 0 aromatic carbocycles. The Bertz CT molecular complexity index is 794. The van der Waals surface area contributed by atoms with E-state index >= 15 is 0 Å². The van der Waals surface area contributed by atoms with Crippen molar-refractivity contribution in [2.75, 3.05) is 13.1 Å². The van der Waals surface area contributed by atoms with Crippen molar-refractivity contribution < 1.29 is 14.0 Å². The van der Waals surface area contributed by atoms with Crippen LogP contribution in [0.1, 0.15) is 41.1 Å². The second-order valence-electron chi connectivity index (χ2n) is 6.76. The van der Waals surface area contributed by atoms with Crippen molar-refractivity contribution in [3.8, 4) is 0 Å². The van der Waals surface area contributed by atoms with Gasteiger partial charge in [-0.25, -0.2) is 0 Å².